The third kappa shape index (κ3) is 2.94. The van der Waals surface area contributed by atoms with E-state index in [1.807, 2.05) is 6.07 Å². The van der Waals surface area contributed by atoms with Crippen LogP contribution in [0.25, 0.3) is 0 Å². The normalized spacial score (nSPS) is 21.5. The number of hydrogen-bond acceptors (Lipinski definition) is 3. The zero-order chi connectivity index (χ0) is 12.4. The van der Waals surface area contributed by atoms with Crippen molar-refractivity contribution in [3.8, 4) is 6.07 Å². The Morgan fingerprint density at radius 1 is 1.71 bits per heavy atom. The summed E-state index contributed by atoms with van der Waals surface area (Å²) < 4.78 is 0.613. The summed E-state index contributed by atoms with van der Waals surface area (Å²) in [6.07, 6.45) is 2.51. The largest absolute Gasteiger partial charge is 0.335 e. The van der Waals surface area contributed by atoms with Crippen LogP contribution in [0.15, 0.2) is 16.7 Å². The number of urea groups is 1. The summed E-state index contributed by atoms with van der Waals surface area (Å²) in [6.45, 7) is 2.08. The van der Waals surface area contributed by atoms with Crippen LogP contribution in [-0.2, 0) is 0 Å². The molecular formula is C11H11BrN4O. The van der Waals surface area contributed by atoms with E-state index in [9.17, 15) is 4.79 Å². The number of halogens is 1. The highest BCUT2D eigenvalue weighted by atomic mass is 79.9. The van der Waals surface area contributed by atoms with E-state index in [1.54, 1.807) is 0 Å². The molecule has 6 heteroatoms. The van der Waals surface area contributed by atoms with Gasteiger partial charge in [-0.05, 0) is 34.3 Å². The molecule has 2 atom stereocenters. The molecule has 88 valence electrons. The van der Waals surface area contributed by atoms with Gasteiger partial charge in [0.15, 0.2) is 0 Å². The molecule has 0 aromatic carbocycles. The van der Waals surface area contributed by atoms with E-state index in [0.717, 1.165) is 6.42 Å². The number of rotatable bonds is 2. The second-order valence-electron chi connectivity index (χ2n) is 4.08. The molecule has 1 aliphatic rings. The van der Waals surface area contributed by atoms with Crippen molar-refractivity contribution in [3.63, 3.8) is 0 Å². The standard InChI is InChI=1S/C11H11BrN4O/c1-6-2-9(6)15-11(17)16-10-3-7(4-13)8(12)5-14-10/h3,5-6,9H,2H2,1H3,(H2,14,15,16,17)/t6-,9-/m1/s1. The predicted molar refractivity (Wildman–Crippen MR) is 66.4 cm³/mol. The molecule has 0 aliphatic heterocycles. The molecule has 0 bridgehead atoms. The van der Waals surface area contributed by atoms with E-state index >= 15 is 0 Å². The fourth-order valence-electron chi connectivity index (χ4n) is 1.44. The Balaban J connectivity index is 1.98. The molecule has 1 aliphatic carbocycles. The van der Waals surface area contributed by atoms with E-state index in [2.05, 4.69) is 38.5 Å². The summed E-state index contributed by atoms with van der Waals surface area (Å²) >= 11 is 3.20. The number of pyridine rings is 1. The summed E-state index contributed by atoms with van der Waals surface area (Å²) in [7, 11) is 0. The van der Waals surface area contributed by atoms with Crippen LogP contribution >= 0.6 is 15.9 Å². The van der Waals surface area contributed by atoms with Crippen LogP contribution in [0.2, 0.25) is 0 Å². The van der Waals surface area contributed by atoms with Gasteiger partial charge in [-0.25, -0.2) is 9.78 Å². The summed E-state index contributed by atoms with van der Waals surface area (Å²) in [4.78, 5) is 15.5. The van der Waals surface area contributed by atoms with Crippen molar-refractivity contribution in [1.29, 1.82) is 5.26 Å². The van der Waals surface area contributed by atoms with Gasteiger partial charge < -0.3 is 5.32 Å². The fourth-order valence-corrected chi connectivity index (χ4v) is 1.74. The van der Waals surface area contributed by atoms with Gasteiger partial charge >= 0.3 is 6.03 Å². The molecular weight excluding hydrogens is 284 g/mol. The highest BCUT2D eigenvalue weighted by molar-refractivity contribution is 9.10. The third-order valence-corrected chi connectivity index (χ3v) is 3.28. The van der Waals surface area contributed by atoms with Gasteiger partial charge in [0.2, 0.25) is 0 Å². The average Bonchev–Trinajstić information content (AvgIpc) is 2.97. The number of nitriles is 1. The first-order valence-electron chi connectivity index (χ1n) is 5.23. The Hall–Kier alpha value is -1.61. The molecule has 0 saturated heterocycles. The highest BCUT2D eigenvalue weighted by Crippen LogP contribution is 2.28. The van der Waals surface area contributed by atoms with Crippen LogP contribution in [0.1, 0.15) is 18.9 Å². The number of hydrogen-bond donors (Lipinski definition) is 2. The maximum absolute atomic E-state index is 11.5. The lowest BCUT2D eigenvalue weighted by molar-refractivity contribution is 0.251. The summed E-state index contributed by atoms with van der Waals surface area (Å²) in [5, 5.41) is 14.3. The van der Waals surface area contributed by atoms with Crippen LogP contribution < -0.4 is 10.6 Å². The van der Waals surface area contributed by atoms with Crippen molar-refractivity contribution < 1.29 is 4.79 Å². The zero-order valence-electron chi connectivity index (χ0n) is 9.20. The summed E-state index contributed by atoms with van der Waals surface area (Å²) in [5.41, 5.74) is 0.440. The summed E-state index contributed by atoms with van der Waals surface area (Å²) in [5.74, 6) is 0.920. The first-order valence-corrected chi connectivity index (χ1v) is 6.02. The molecule has 1 aromatic rings. The van der Waals surface area contributed by atoms with E-state index in [-0.39, 0.29) is 12.1 Å². The minimum atomic E-state index is -0.280. The number of carbonyl (C=O) groups is 1. The van der Waals surface area contributed by atoms with Gasteiger partial charge in [-0.15, -0.1) is 0 Å². The van der Waals surface area contributed by atoms with E-state index in [1.165, 1.54) is 12.3 Å². The average molecular weight is 295 g/mol. The number of anilines is 1. The van der Waals surface area contributed by atoms with Crippen LogP contribution in [0, 0.1) is 17.2 Å². The van der Waals surface area contributed by atoms with Gasteiger partial charge in [-0.1, -0.05) is 6.92 Å². The predicted octanol–water partition coefficient (Wildman–Crippen LogP) is 2.25. The Morgan fingerprint density at radius 2 is 2.41 bits per heavy atom. The molecule has 1 saturated carbocycles. The first-order chi connectivity index (χ1) is 8.10. The number of amides is 2. The van der Waals surface area contributed by atoms with Gasteiger partial charge in [-0.2, -0.15) is 5.26 Å². The maximum atomic E-state index is 11.5. The van der Waals surface area contributed by atoms with E-state index in [4.69, 9.17) is 5.26 Å². The monoisotopic (exact) mass is 294 g/mol. The van der Waals surface area contributed by atoms with Gasteiger partial charge in [0.1, 0.15) is 11.9 Å². The second kappa shape index (κ2) is 4.72. The van der Waals surface area contributed by atoms with Gasteiger partial charge in [0.25, 0.3) is 0 Å². The van der Waals surface area contributed by atoms with Crippen LogP contribution in [-0.4, -0.2) is 17.1 Å². The fraction of sp³-hybridized carbons (Fsp3) is 0.364. The Bertz CT molecular complexity index is 497. The minimum absolute atomic E-state index is 0.265. The van der Waals surface area contributed by atoms with Crippen molar-refractivity contribution in [2.45, 2.75) is 19.4 Å². The topological polar surface area (TPSA) is 77.8 Å². The number of aromatic nitrogens is 1. The SMILES string of the molecule is C[C@@H]1C[C@H]1NC(=O)Nc1cc(C#N)c(Br)cn1. The Kier molecular flexibility index (Phi) is 3.29. The molecule has 2 rings (SSSR count). The number of nitrogens with zero attached hydrogens (tertiary/aromatic N) is 2. The summed E-state index contributed by atoms with van der Waals surface area (Å²) in [6, 6.07) is 3.52. The lowest BCUT2D eigenvalue weighted by atomic mass is 10.3. The highest BCUT2D eigenvalue weighted by Gasteiger charge is 2.33. The minimum Gasteiger partial charge on any atom is -0.335 e. The van der Waals surface area contributed by atoms with Crippen LogP contribution in [0.3, 0.4) is 0 Å². The first kappa shape index (κ1) is 11.9. The molecule has 1 heterocycles. The van der Waals surface area contributed by atoms with Crippen LogP contribution in [0.5, 0.6) is 0 Å². The molecule has 0 radical (unpaired) electrons. The van der Waals surface area contributed by atoms with Gasteiger partial charge in [0.05, 0.1) is 10.0 Å². The molecule has 2 N–H and O–H groups in total. The molecule has 17 heavy (non-hydrogen) atoms. The molecule has 0 unspecified atom stereocenters. The lowest BCUT2D eigenvalue weighted by Crippen LogP contribution is -2.31. The van der Waals surface area contributed by atoms with Crippen molar-refractivity contribution >= 4 is 27.8 Å². The Labute approximate surface area is 107 Å². The zero-order valence-corrected chi connectivity index (χ0v) is 10.8. The van der Waals surface area contributed by atoms with Gasteiger partial charge in [0, 0.05) is 12.2 Å². The smallest absolute Gasteiger partial charge is 0.320 e. The number of nitrogens with one attached hydrogen (secondary N) is 2. The molecule has 1 aromatic heterocycles. The number of carbonyl (C=O) groups excluding carboxylic acids is 1. The second-order valence-corrected chi connectivity index (χ2v) is 4.93. The van der Waals surface area contributed by atoms with Gasteiger partial charge in [-0.3, -0.25) is 5.32 Å². The van der Waals surface area contributed by atoms with Crippen molar-refractivity contribution in [1.82, 2.24) is 10.3 Å². The third-order valence-electron chi connectivity index (χ3n) is 2.64. The van der Waals surface area contributed by atoms with E-state index in [0.29, 0.717) is 21.8 Å². The maximum Gasteiger partial charge on any atom is 0.320 e. The van der Waals surface area contributed by atoms with E-state index < -0.39 is 0 Å². The molecule has 5 nitrogen and oxygen atoms in total. The molecule has 2 amide bonds. The molecule has 1 fully saturated rings. The van der Waals surface area contributed by atoms with Crippen molar-refractivity contribution in [3.05, 3.63) is 22.3 Å². The van der Waals surface area contributed by atoms with Crippen LogP contribution in [0.4, 0.5) is 10.6 Å². The van der Waals surface area contributed by atoms with Crippen molar-refractivity contribution in [2.24, 2.45) is 5.92 Å². The Morgan fingerprint density at radius 3 is 3.00 bits per heavy atom. The van der Waals surface area contributed by atoms with Crippen molar-refractivity contribution in [2.75, 3.05) is 5.32 Å². The lowest BCUT2D eigenvalue weighted by Gasteiger charge is -2.06. The quantitative estimate of drug-likeness (QED) is 0.878. The molecule has 0 spiro atoms.